The van der Waals surface area contributed by atoms with Gasteiger partial charge in [0.05, 0.1) is 12.7 Å². The molecule has 0 aliphatic rings. The standard InChI is InChI=1S/C23H22FN3O2S2/c1-13(2)18-10-19-16(11-29-20(19)8-14(18)3)9-21(28)25-22-26-27-23(31-22)30-12-15-4-6-17(24)7-5-15/h4-8,10-11,13H,9,12H2,1-3H3,(H,25,26,28). The van der Waals surface area contributed by atoms with E-state index in [9.17, 15) is 9.18 Å². The Bertz CT molecular complexity index is 1220. The highest BCUT2D eigenvalue weighted by Crippen LogP contribution is 2.30. The molecule has 0 aliphatic carbocycles. The number of carbonyl (C=O) groups is 1. The Morgan fingerprint density at radius 2 is 2.00 bits per heavy atom. The van der Waals surface area contributed by atoms with E-state index in [4.69, 9.17) is 4.42 Å². The van der Waals surface area contributed by atoms with E-state index in [1.54, 1.807) is 18.4 Å². The van der Waals surface area contributed by atoms with E-state index in [0.717, 1.165) is 26.4 Å². The lowest BCUT2D eigenvalue weighted by Gasteiger charge is -2.09. The maximum atomic E-state index is 13.0. The molecule has 0 radical (unpaired) electrons. The first-order valence-electron chi connectivity index (χ1n) is 9.90. The van der Waals surface area contributed by atoms with Crippen LogP contribution < -0.4 is 5.32 Å². The highest BCUT2D eigenvalue weighted by Gasteiger charge is 2.15. The first kappa shape index (κ1) is 21.5. The summed E-state index contributed by atoms with van der Waals surface area (Å²) < 4.78 is 19.4. The highest BCUT2D eigenvalue weighted by molar-refractivity contribution is 8.00. The Hall–Kier alpha value is -2.71. The van der Waals surface area contributed by atoms with Gasteiger partial charge in [-0.1, -0.05) is 49.1 Å². The van der Waals surface area contributed by atoms with Crippen molar-refractivity contribution in [2.75, 3.05) is 5.32 Å². The lowest BCUT2D eigenvalue weighted by molar-refractivity contribution is -0.115. The molecule has 1 N–H and O–H groups in total. The Kier molecular flexibility index (Phi) is 6.38. The molecule has 2 heterocycles. The average molecular weight is 456 g/mol. The normalized spacial score (nSPS) is 11.4. The smallest absolute Gasteiger partial charge is 0.230 e. The largest absolute Gasteiger partial charge is 0.464 e. The first-order valence-corrected chi connectivity index (χ1v) is 11.7. The minimum atomic E-state index is -0.254. The predicted octanol–water partition coefficient (Wildman–Crippen LogP) is 6.33. The monoisotopic (exact) mass is 455 g/mol. The minimum absolute atomic E-state index is 0.166. The topological polar surface area (TPSA) is 68.0 Å². The number of amides is 1. The summed E-state index contributed by atoms with van der Waals surface area (Å²) in [5, 5.41) is 12.4. The number of hydrogen-bond donors (Lipinski definition) is 1. The van der Waals surface area contributed by atoms with Crippen LogP contribution in [-0.2, 0) is 17.0 Å². The number of anilines is 1. The second kappa shape index (κ2) is 9.20. The maximum absolute atomic E-state index is 13.0. The zero-order valence-electron chi connectivity index (χ0n) is 17.4. The van der Waals surface area contributed by atoms with Gasteiger partial charge in [0.1, 0.15) is 11.4 Å². The molecule has 2 aromatic carbocycles. The van der Waals surface area contributed by atoms with Crippen LogP contribution >= 0.6 is 23.1 Å². The second-order valence-corrected chi connectivity index (χ2v) is 9.83. The van der Waals surface area contributed by atoms with Crippen molar-refractivity contribution in [3.8, 4) is 0 Å². The number of nitrogens with zero attached hydrogens (tertiary/aromatic N) is 2. The Morgan fingerprint density at radius 3 is 2.74 bits per heavy atom. The summed E-state index contributed by atoms with van der Waals surface area (Å²) in [6, 6.07) is 10.5. The van der Waals surface area contributed by atoms with Gasteiger partial charge in [0.25, 0.3) is 0 Å². The lowest BCUT2D eigenvalue weighted by Crippen LogP contribution is -2.14. The Labute approximate surface area is 188 Å². The molecule has 0 saturated heterocycles. The van der Waals surface area contributed by atoms with E-state index < -0.39 is 0 Å². The van der Waals surface area contributed by atoms with E-state index in [-0.39, 0.29) is 18.1 Å². The Morgan fingerprint density at radius 1 is 1.23 bits per heavy atom. The number of aromatic nitrogens is 2. The van der Waals surface area contributed by atoms with Crippen molar-refractivity contribution in [2.45, 2.75) is 43.2 Å². The van der Waals surface area contributed by atoms with Crippen LogP contribution in [0.3, 0.4) is 0 Å². The number of halogens is 1. The molecule has 0 aliphatic heterocycles. The van der Waals surface area contributed by atoms with Crippen LogP contribution in [0.5, 0.6) is 0 Å². The fourth-order valence-corrected chi connectivity index (χ4v) is 5.11. The third-order valence-corrected chi connectivity index (χ3v) is 6.99. The molecule has 5 nitrogen and oxygen atoms in total. The lowest BCUT2D eigenvalue weighted by atomic mass is 9.95. The van der Waals surface area contributed by atoms with Crippen LogP contribution in [0.2, 0.25) is 0 Å². The zero-order chi connectivity index (χ0) is 22.0. The van der Waals surface area contributed by atoms with Crippen molar-refractivity contribution < 1.29 is 13.6 Å². The minimum Gasteiger partial charge on any atom is -0.464 e. The van der Waals surface area contributed by atoms with Gasteiger partial charge in [-0.2, -0.15) is 0 Å². The molecule has 0 atom stereocenters. The van der Waals surface area contributed by atoms with Crippen LogP contribution in [-0.4, -0.2) is 16.1 Å². The van der Waals surface area contributed by atoms with Crippen molar-refractivity contribution in [2.24, 2.45) is 0 Å². The van der Waals surface area contributed by atoms with Gasteiger partial charge in [-0.25, -0.2) is 4.39 Å². The number of carbonyl (C=O) groups excluding carboxylic acids is 1. The zero-order valence-corrected chi connectivity index (χ0v) is 19.1. The van der Waals surface area contributed by atoms with Gasteiger partial charge in [0.2, 0.25) is 11.0 Å². The molecule has 8 heteroatoms. The summed E-state index contributed by atoms with van der Waals surface area (Å²) in [6.45, 7) is 6.38. The molecule has 0 fully saturated rings. The summed E-state index contributed by atoms with van der Waals surface area (Å²) in [5.74, 6) is 0.631. The van der Waals surface area contributed by atoms with Gasteiger partial charge < -0.3 is 9.73 Å². The van der Waals surface area contributed by atoms with Crippen molar-refractivity contribution >= 4 is 45.1 Å². The van der Waals surface area contributed by atoms with Crippen LogP contribution in [0.15, 0.2) is 51.4 Å². The fourth-order valence-electron chi connectivity index (χ4n) is 3.38. The summed E-state index contributed by atoms with van der Waals surface area (Å²) in [4.78, 5) is 12.6. The van der Waals surface area contributed by atoms with Gasteiger partial charge in [-0.05, 0) is 53.8 Å². The number of fused-ring (bicyclic) bond motifs is 1. The van der Waals surface area contributed by atoms with Gasteiger partial charge in [0.15, 0.2) is 4.34 Å². The average Bonchev–Trinajstić information content (AvgIpc) is 3.33. The number of thioether (sulfide) groups is 1. The second-order valence-electron chi connectivity index (χ2n) is 7.63. The third kappa shape index (κ3) is 5.14. The van der Waals surface area contributed by atoms with Gasteiger partial charge >= 0.3 is 0 Å². The van der Waals surface area contributed by atoms with Gasteiger partial charge in [0, 0.05) is 16.7 Å². The molecule has 1 amide bonds. The highest BCUT2D eigenvalue weighted by atomic mass is 32.2. The number of nitrogens with one attached hydrogen (secondary N) is 1. The maximum Gasteiger partial charge on any atom is 0.230 e. The van der Waals surface area contributed by atoms with Crippen molar-refractivity contribution in [1.82, 2.24) is 10.2 Å². The van der Waals surface area contributed by atoms with Crippen molar-refractivity contribution in [3.63, 3.8) is 0 Å². The van der Waals surface area contributed by atoms with Crippen LogP contribution in [0, 0.1) is 12.7 Å². The van der Waals surface area contributed by atoms with Crippen LogP contribution in [0.25, 0.3) is 11.0 Å². The number of furan rings is 1. The van der Waals surface area contributed by atoms with Crippen LogP contribution in [0.4, 0.5) is 9.52 Å². The summed E-state index contributed by atoms with van der Waals surface area (Å²) in [7, 11) is 0. The van der Waals surface area contributed by atoms with Crippen molar-refractivity contribution in [1.29, 1.82) is 0 Å². The summed E-state index contributed by atoms with van der Waals surface area (Å²) in [5.41, 5.74) is 5.08. The van der Waals surface area contributed by atoms with Gasteiger partial charge in [-0.15, -0.1) is 10.2 Å². The van der Waals surface area contributed by atoms with E-state index in [1.807, 2.05) is 6.07 Å². The van der Waals surface area contributed by atoms with Crippen molar-refractivity contribution in [3.05, 3.63) is 70.7 Å². The van der Waals surface area contributed by atoms with E-state index in [0.29, 0.717) is 16.8 Å². The van der Waals surface area contributed by atoms with Gasteiger partial charge in [-0.3, -0.25) is 4.79 Å². The molecule has 2 aromatic heterocycles. The number of hydrogen-bond acceptors (Lipinski definition) is 6. The molecule has 160 valence electrons. The predicted molar refractivity (Wildman–Crippen MR) is 123 cm³/mol. The molecule has 0 unspecified atom stereocenters. The van der Waals surface area contributed by atoms with E-state index >= 15 is 0 Å². The summed E-state index contributed by atoms with van der Waals surface area (Å²) in [6.07, 6.45) is 1.85. The van der Waals surface area contributed by atoms with E-state index in [1.165, 1.54) is 46.4 Å². The molecule has 4 rings (SSSR count). The quantitative estimate of drug-likeness (QED) is 0.261. The molecule has 31 heavy (non-hydrogen) atoms. The molecular weight excluding hydrogens is 433 g/mol. The summed E-state index contributed by atoms with van der Waals surface area (Å²) >= 11 is 2.82. The molecule has 4 aromatic rings. The Balaban J connectivity index is 1.39. The number of aryl methyl sites for hydroxylation is 1. The molecule has 0 bridgehead atoms. The third-order valence-electron chi connectivity index (χ3n) is 4.94. The van der Waals surface area contributed by atoms with Crippen LogP contribution in [0.1, 0.15) is 42.0 Å². The molecular formula is C23H22FN3O2S2. The fraction of sp³-hybridized carbons (Fsp3) is 0.261. The SMILES string of the molecule is Cc1cc2occ(CC(=O)Nc3nnc(SCc4ccc(F)cc4)s3)c2cc1C(C)C. The number of rotatable bonds is 7. The molecule has 0 saturated carbocycles. The number of benzene rings is 2. The van der Waals surface area contributed by atoms with E-state index in [2.05, 4.69) is 42.4 Å². The first-order chi connectivity index (χ1) is 14.9. The molecule has 0 spiro atoms.